The van der Waals surface area contributed by atoms with Gasteiger partial charge < -0.3 is 13.3 Å². The van der Waals surface area contributed by atoms with Gasteiger partial charge in [0.15, 0.2) is 17.3 Å². The SMILES string of the molecule is CC(=O)c1c2oc3c(cccc13)Cc1oc3c(cccc3c1C(C)=O)Cc1oc3c(cccc3c1C(C)=O)C2. The summed E-state index contributed by atoms with van der Waals surface area (Å²) < 4.78 is 19.3. The number of Topliss-reactive ketones (excluding diaryl/α,β-unsaturated/α-hetero) is 3. The van der Waals surface area contributed by atoms with E-state index in [9.17, 15) is 14.4 Å². The first-order chi connectivity index (χ1) is 18.8. The number of benzene rings is 3. The van der Waals surface area contributed by atoms with Crippen LogP contribution in [0.2, 0.25) is 0 Å². The van der Waals surface area contributed by atoms with Crippen molar-refractivity contribution in [3.05, 3.63) is 105 Å². The van der Waals surface area contributed by atoms with Crippen molar-refractivity contribution in [2.75, 3.05) is 0 Å². The Hall–Kier alpha value is -4.71. The predicted octanol–water partition coefficient (Wildman–Crippen LogP) is 7.62. The summed E-state index contributed by atoms with van der Waals surface area (Å²) in [7, 11) is 0. The molecule has 1 aliphatic rings. The molecular weight excluding hydrogens is 492 g/mol. The molecule has 3 aromatic heterocycles. The molecule has 6 nitrogen and oxygen atoms in total. The zero-order valence-electron chi connectivity index (χ0n) is 21.8. The van der Waals surface area contributed by atoms with E-state index in [1.807, 2.05) is 54.6 Å². The molecule has 6 bridgehead atoms. The first kappa shape index (κ1) is 23.4. The van der Waals surface area contributed by atoms with Crippen LogP contribution < -0.4 is 0 Å². The van der Waals surface area contributed by atoms with Gasteiger partial charge in [0.05, 0.1) is 16.7 Å². The van der Waals surface area contributed by atoms with Crippen LogP contribution >= 0.6 is 0 Å². The molecule has 3 aromatic carbocycles. The van der Waals surface area contributed by atoms with Crippen molar-refractivity contribution < 1.29 is 27.6 Å². The fourth-order valence-electron chi connectivity index (χ4n) is 6.15. The lowest BCUT2D eigenvalue weighted by molar-refractivity contribution is 0.100. The van der Waals surface area contributed by atoms with Gasteiger partial charge in [-0.25, -0.2) is 0 Å². The van der Waals surface area contributed by atoms with Crippen LogP contribution in [-0.2, 0) is 19.3 Å². The first-order valence-corrected chi connectivity index (χ1v) is 12.9. The van der Waals surface area contributed by atoms with Crippen molar-refractivity contribution in [3.8, 4) is 0 Å². The minimum atomic E-state index is -0.100. The third kappa shape index (κ3) is 3.44. The highest BCUT2D eigenvalue weighted by Gasteiger charge is 2.27. The molecule has 6 heteroatoms. The van der Waals surface area contributed by atoms with Crippen molar-refractivity contribution in [2.24, 2.45) is 0 Å². The maximum Gasteiger partial charge on any atom is 0.163 e. The maximum absolute atomic E-state index is 12.9. The molecule has 0 spiro atoms. The normalized spacial score (nSPS) is 13.0. The van der Waals surface area contributed by atoms with Gasteiger partial charge in [-0.2, -0.15) is 0 Å². The summed E-state index contributed by atoms with van der Waals surface area (Å²) in [6.45, 7) is 4.60. The number of fused-ring (bicyclic) bond motifs is 3. The van der Waals surface area contributed by atoms with Crippen LogP contribution in [0.3, 0.4) is 0 Å². The zero-order chi connectivity index (χ0) is 27.0. The monoisotopic (exact) mass is 516 g/mol. The fraction of sp³-hybridized carbons (Fsp3) is 0.182. The fourth-order valence-corrected chi connectivity index (χ4v) is 6.15. The first-order valence-electron chi connectivity index (χ1n) is 12.9. The van der Waals surface area contributed by atoms with Gasteiger partial charge in [-0.15, -0.1) is 0 Å². The zero-order valence-corrected chi connectivity index (χ0v) is 21.8. The molecule has 0 unspecified atom stereocenters. The van der Waals surface area contributed by atoms with Gasteiger partial charge in [-0.05, 0) is 20.8 Å². The summed E-state index contributed by atoms with van der Waals surface area (Å²) in [5.74, 6) is 1.30. The van der Waals surface area contributed by atoms with E-state index in [4.69, 9.17) is 13.3 Å². The largest absolute Gasteiger partial charge is 0.460 e. The number of carbonyl (C=O) groups excluding carboxylic acids is 3. The summed E-state index contributed by atoms with van der Waals surface area (Å²) in [5.41, 5.74) is 5.84. The highest BCUT2D eigenvalue weighted by atomic mass is 16.3. The van der Waals surface area contributed by atoms with Crippen LogP contribution in [0.5, 0.6) is 0 Å². The number of rotatable bonds is 3. The Morgan fingerprint density at radius 3 is 1.03 bits per heavy atom. The summed E-state index contributed by atoms with van der Waals surface area (Å²) in [6.07, 6.45) is 0.968. The molecule has 0 fully saturated rings. The molecule has 0 N–H and O–H groups in total. The van der Waals surface area contributed by atoms with Crippen molar-refractivity contribution in [2.45, 2.75) is 40.0 Å². The molecule has 0 aliphatic carbocycles. The van der Waals surface area contributed by atoms with Crippen molar-refractivity contribution in [1.29, 1.82) is 0 Å². The number of hydrogen-bond donors (Lipinski definition) is 0. The molecule has 4 heterocycles. The summed E-state index contributed by atoms with van der Waals surface area (Å²) in [6, 6.07) is 17.1. The van der Waals surface area contributed by atoms with E-state index >= 15 is 0 Å². The molecule has 192 valence electrons. The Morgan fingerprint density at radius 1 is 0.487 bits per heavy atom. The molecule has 6 aromatic rings. The maximum atomic E-state index is 12.9. The van der Waals surface area contributed by atoms with Gasteiger partial charge in [0.25, 0.3) is 0 Å². The Balaban J connectivity index is 1.62. The Morgan fingerprint density at radius 2 is 0.769 bits per heavy atom. The lowest BCUT2D eigenvalue weighted by Gasteiger charge is -2.03. The minimum Gasteiger partial charge on any atom is -0.460 e. The van der Waals surface area contributed by atoms with E-state index in [0.717, 1.165) is 32.8 Å². The second kappa shape index (κ2) is 8.40. The van der Waals surface area contributed by atoms with Gasteiger partial charge >= 0.3 is 0 Å². The molecule has 39 heavy (non-hydrogen) atoms. The predicted molar refractivity (Wildman–Crippen MR) is 147 cm³/mol. The van der Waals surface area contributed by atoms with Crippen LogP contribution in [0.15, 0.2) is 67.8 Å². The van der Waals surface area contributed by atoms with Gasteiger partial charge in [-0.3, -0.25) is 14.4 Å². The van der Waals surface area contributed by atoms with Gasteiger partial charge in [0.1, 0.15) is 34.0 Å². The van der Waals surface area contributed by atoms with Gasteiger partial charge in [-0.1, -0.05) is 54.6 Å². The molecule has 7 rings (SSSR count). The molecule has 0 amide bonds. The summed E-state index contributed by atoms with van der Waals surface area (Å²) in [5, 5.41) is 2.17. The minimum absolute atomic E-state index is 0.100. The Kier molecular flexibility index (Phi) is 5.04. The average molecular weight is 517 g/mol. The van der Waals surface area contributed by atoms with E-state index in [1.165, 1.54) is 20.8 Å². The van der Waals surface area contributed by atoms with Crippen LogP contribution in [0.1, 0.15) is 85.8 Å². The standard InChI is InChI=1S/C33H24O6/c1-16(34)28-22-10-4-7-20-14-26-30(18(3)36)24-12-6-9-21(33(24)39-26)15-27-29(17(2)35)23-11-5-8-19(32(23)38-27)13-25(28)37-31(20)22/h4-12H,13-15H2,1-3H3. The summed E-state index contributed by atoms with van der Waals surface area (Å²) >= 11 is 0. The van der Waals surface area contributed by atoms with Crippen LogP contribution in [0, 0.1) is 0 Å². The highest BCUT2D eigenvalue weighted by molar-refractivity contribution is 6.10. The lowest BCUT2D eigenvalue weighted by Crippen LogP contribution is -1.99. The second-order valence-corrected chi connectivity index (χ2v) is 10.3. The van der Waals surface area contributed by atoms with Crippen LogP contribution in [0.25, 0.3) is 32.9 Å². The van der Waals surface area contributed by atoms with E-state index in [0.29, 0.717) is 70.0 Å². The highest BCUT2D eigenvalue weighted by Crippen LogP contribution is 2.38. The van der Waals surface area contributed by atoms with E-state index in [2.05, 4.69) is 0 Å². The number of ketones is 3. The average Bonchev–Trinajstić information content (AvgIpc) is 3.55. The van der Waals surface area contributed by atoms with Crippen molar-refractivity contribution in [3.63, 3.8) is 0 Å². The van der Waals surface area contributed by atoms with E-state index in [1.54, 1.807) is 0 Å². The van der Waals surface area contributed by atoms with Crippen LogP contribution in [0.4, 0.5) is 0 Å². The van der Waals surface area contributed by atoms with E-state index < -0.39 is 0 Å². The van der Waals surface area contributed by atoms with Gasteiger partial charge in [0, 0.05) is 52.1 Å². The molecule has 0 saturated carbocycles. The number of furan rings is 3. The molecule has 0 radical (unpaired) electrons. The Bertz CT molecular complexity index is 1790. The summed E-state index contributed by atoms with van der Waals surface area (Å²) in [4.78, 5) is 38.7. The molecule has 0 saturated heterocycles. The molecule has 0 atom stereocenters. The topological polar surface area (TPSA) is 90.6 Å². The van der Waals surface area contributed by atoms with Gasteiger partial charge in [0.2, 0.25) is 0 Å². The molecular formula is C33H24O6. The van der Waals surface area contributed by atoms with Crippen molar-refractivity contribution in [1.82, 2.24) is 0 Å². The molecule has 1 aliphatic heterocycles. The third-order valence-electron chi connectivity index (χ3n) is 7.72. The third-order valence-corrected chi connectivity index (χ3v) is 7.72. The number of carbonyl (C=O) groups is 3. The lowest BCUT2D eigenvalue weighted by atomic mass is 9.96. The second-order valence-electron chi connectivity index (χ2n) is 10.3. The van der Waals surface area contributed by atoms with Crippen molar-refractivity contribution >= 4 is 50.3 Å². The number of hydrogen-bond acceptors (Lipinski definition) is 6. The smallest absolute Gasteiger partial charge is 0.163 e. The van der Waals surface area contributed by atoms with E-state index in [-0.39, 0.29) is 17.3 Å². The quantitative estimate of drug-likeness (QED) is 0.224. The number of para-hydroxylation sites is 3. The Labute approximate surface area is 223 Å². The van der Waals surface area contributed by atoms with Crippen LogP contribution in [-0.4, -0.2) is 17.3 Å².